The number of aldehydes is 1. The fraction of sp³-hybridized carbons (Fsp3) is 0.300. The number of rotatable bonds is 7. The van der Waals surface area contributed by atoms with Crippen LogP contribution in [0.15, 0.2) is 41.9 Å². The number of hydrogen-bond donors (Lipinski definition) is 0. The topological polar surface area (TPSA) is 44.1 Å². The summed E-state index contributed by atoms with van der Waals surface area (Å²) in [6.45, 7) is 7.06. The highest BCUT2D eigenvalue weighted by molar-refractivity contribution is 7.12. The summed E-state index contributed by atoms with van der Waals surface area (Å²) in [5, 5.41) is 2.82. The second-order valence-electron chi connectivity index (χ2n) is 5.93. The van der Waals surface area contributed by atoms with Gasteiger partial charge in [0.1, 0.15) is 5.75 Å². The van der Waals surface area contributed by atoms with Gasteiger partial charge in [0.15, 0.2) is 11.4 Å². The van der Waals surface area contributed by atoms with E-state index in [1.54, 1.807) is 6.07 Å². The van der Waals surface area contributed by atoms with Crippen LogP contribution in [0, 0.1) is 0 Å². The molecule has 0 bridgehead atoms. The van der Waals surface area contributed by atoms with E-state index in [9.17, 15) is 4.79 Å². The van der Waals surface area contributed by atoms with Crippen molar-refractivity contribution in [1.82, 2.24) is 9.55 Å². The van der Waals surface area contributed by atoms with Gasteiger partial charge < -0.3 is 4.74 Å². The molecule has 0 spiro atoms. The molecule has 25 heavy (non-hydrogen) atoms. The van der Waals surface area contributed by atoms with Crippen molar-refractivity contribution in [1.29, 1.82) is 0 Å². The van der Waals surface area contributed by atoms with Crippen molar-refractivity contribution in [3.63, 3.8) is 0 Å². The molecule has 3 rings (SSSR count). The molecule has 0 saturated heterocycles. The fourth-order valence-electron chi connectivity index (χ4n) is 2.77. The summed E-state index contributed by atoms with van der Waals surface area (Å²) in [6.07, 6.45) is 3.76. The van der Waals surface area contributed by atoms with Gasteiger partial charge in [0.2, 0.25) is 0 Å². The predicted molar refractivity (Wildman–Crippen MR) is 102 cm³/mol. The van der Waals surface area contributed by atoms with Crippen LogP contribution in [0.1, 0.15) is 49.2 Å². The van der Waals surface area contributed by atoms with E-state index in [0.29, 0.717) is 18.2 Å². The molecule has 1 aromatic carbocycles. The summed E-state index contributed by atoms with van der Waals surface area (Å²) in [5.74, 6) is 1.37. The van der Waals surface area contributed by atoms with Gasteiger partial charge in [-0.2, -0.15) is 0 Å². The molecule has 0 saturated carbocycles. The monoisotopic (exact) mass is 354 g/mol. The molecule has 2 heterocycles. The van der Waals surface area contributed by atoms with Gasteiger partial charge in [0.25, 0.3) is 0 Å². The molecule has 2 aromatic heterocycles. The molecule has 1 unspecified atom stereocenters. The van der Waals surface area contributed by atoms with Gasteiger partial charge in [-0.25, -0.2) is 4.98 Å². The summed E-state index contributed by atoms with van der Waals surface area (Å²) in [5.41, 5.74) is 3.80. The number of carbonyl (C=O) groups excluding carboxylic acids is 1. The Morgan fingerprint density at radius 1 is 1.32 bits per heavy atom. The number of benzene rings is 1. The van der Waals surface area contributed by atoms with Gasteiger partial charge in [0, 0.05) is 17.1 Å². The smallest absolute Gasteiger partial charge is 0.194 e. The maximum atomic E-state index is 11.1. The Hall–Kier alpha value is -2.40. The Bertz CT molecular complexity index is 866. The summed E-state index contributed by atoms with van der Waals surface area (Å²) in [6, 6.07) is 9.89. The molecule has 0 aliphatic carbocycles. The highest BCUT2D eigenvalue weighted by atomic mass is 32.1. The molecule has 0 amide bonds. The summed E-state index contributed by atoms with van der Waals surface area (Å²) in [7, 11) is 0. The van der Waals surface area contributed by atoms with E-state index in [1.807, 2.05) is 41.3 Å². The van der Waals surface area contributed by atoms with Gasteiger partial charge in [-0.15, -0.1) is 11.3 Å². The Kier molecular flexibility index (Phi) is 5.34. The van der Waals surface area contributed by atoms with Gasteiger partial charge in [-0.1, -0.05) is 13.8 Å². The van der Waals surface area contributed by atoms with Crippen LogP contribution in [0.4, 0.5) is 0 Å². The number of ether oxygens (including phenoxy) is 1. The van der Waals surface area contributed by atoms with Gasteiger partial charge in [-0.3, -0.25) is 9.36 Å². The molecule has 5 heteroatoms. The lowest BCUT2D eigenvalue weighted by Crippen LogP contribution is -2.00. The van der Waals surface area contributed by atoms with Gasteiger partial charge in [0.05, 0.1) is 18.0 Å². The maximum absolute atomic E-state index is 11.1. The summed E-state index contributed by atoms with van der Waals surface area (Å²) < 4.78 is 7.60. The van der Waals surface area contributed by atoms with Crippen LogP contribution in [-0.2, 0) is 0 Å². The fourth-order valence-corrected chi connectivity index (χ4v) is 3.61. The number of nitrogens with zero attached hydrogens (tertiary/aromatic N) is 2. The number of carbonyl (C=O) groups is 1. The highest BCUT2D eigenvalue weighted by Crippen LogP contribution is 2.34. The molecular weight excluding hydrogens is 332 g/mol. The van der Waals surface area contributed by atoms with E-state index < -0.39 is 0 Å². The first-order valence-electron chi connectivity index (χ1n) is 8.53. The first-order chi connectivity index (χ1) is 12.2. The molecular formula is C20H22N2O2S. The molecule has 3 aromatic rings. The molecule has 1 atom stereocenters. The van der Waals surface area contributed by atoms with Crippen LogP contribution in [0.25, 0.3) is 16.4 Å². The summed E-state index contributed by atoms with van der Waals surface area (Å²) in [4.78, 5) is 15.8. The molecule has 0 fully saturated rings. The van der Waals surface area contributed by atoms with Crippen LogP contribution in [-0.4, -0.2) is 22.4 Å². The average molecular weight is 354 g/mol. The summed E-state index contributed by atoms with van der Waals surface area (Å²) >= 11 is 1.53. The van der Waals surface area contributed by atoms with Crippen LogP contribution in [0.3, 0.4) is 0 Å². The highest BCUT2D eigenvalue weighted by Gasteiger charge is 2.14. The van der Waals surface area contributed by atoms with E-state index >= 15 is 0 Å². The van der Waals surface area contributed by atoms with E-state index in [1.165, 1.54) is 16.9 Å². The standard InChI is InChI=1S/C20H22N2O2S/c1-4-14(3)17-11-15(8-9-19(17)24-5-2)18-13-25-20(21-18)22-10-6-7-16(22)12-23/h6-14H,4-5H2,1-3H3. The Morgan fingerprint density at radius 3 is 2.88 bits per heavy atom. The van der Waals surface area contributed by atoms with Crippen LogP contribution < -0.4 is 4.74 Å². The lowest BCUT2D eigenvalue weighted by molar-refractivity contribution is 0.111. The third-order valence-corrected chi connectivity index (χ3v) is 5.19. The first-order valence-corrected chi connectivity index (χ1v) is 9.41. The van der Waals surface area contributed by atoms with Crippen molar-refractivity contribution in [2.75, 3.05) is 6.61 Å². The lowest BCUT2D eigenvalue weighted by atomic mass is 9.95. The molecule has 0 radical (unpaired) electrons. The molecule has 0 aliphatic rings. The quantitative estimate of drug-likeness (QED) is 0.539. The molecule has 0 N–H and O–H groups in total. The minimum atomic E-state index is 0.422. The van der Waals surface area contributed by atoms with Crippen LogP contribution >= 0.6 is 11.3 Å². The molecule has 0 aliphatic heterocycles. The van der Waals surface area contributed by atoms with E-state index in [-0.39, 0.29) is 0 Å². The molecule has 4 nitrogen and oxygen atoms in total. The zero-order chi connectivity index (χ0) is 17.8. The van der Waals surface area contributed by atoms with Crippen molar-refractivity contribution in [3.05, 3.63) is 53.2 Å². The lowest BCUT2D eigenvalue weighted by Gasteiger charge is -2.16. The van der Waals surface area contributed by atoms with E-state index in [4.69, 9.17) is 9.72 Å². The third kappa shape index (κ3) is 3.51. The van der Waals surface area contributed by atoms with Crippen molar-refractivity contribution >= 4 is 17.6 Å². The van der Waals surface area contributed by atoms with E-state index in [0.717, 1.165) is 34.8 Å². The Morgan fingerprint density at radius 2 is 2.16 bits per heavy atom. The Balaban J connectivity index is 1.98. The van der Waals surface area contributed by atoms with Gasteiger partial charge in [-0.05, 0) is 55.2 Å². The normalized spacial score (nSPS) is 12.1. The number of aromatic nitrogens is 2. The largest absolute Gasteiger partial charge is 0.494 e. The minimum Gasteiger partial charge on any atom is -0.494 e. The third-order valence-electron chi connectivity index (χ3n) is 4.35. The predicted octanol–water partition coefficient (Wildman–Crippen LogP) is 5.33. The second-order valence-corrected chi connectivity index (χ2v) is 6.77. The first kappa shape index (κ1) is 17.4. The Labute approximate surface area is 152 Å². The van der Waals surface area contributed by atoms with Crippen LogP contribution in [0.5, 0.6) is 5.75 Å². The van der Waals surface area contributed by atoms with Gasteiger partial charge >= 0.3 is 0 Å². The van der Waals surface area contributed by atoms with Crippen molar-refractivity contribution in [3.8, 4) is 22.1 Å². The maximum Gasteiger partial charge on any atom is 0.194 e. The van der Waals surface area contributed by atoms with Crippen molar-refractivity contribution in [2.45, 2.75) is 33.1 Å². The van der Waals surface area contributed by atoms with E-state index in [2.05, 4.69) is 19.9 Å². The van der Waals surface area contributed by atoms with Crippen molar-refractivity contribution in [2.24, 2.45) is 0 Å². The zero-order valence-electron chi connectivity index (χ0n) is 14.7. The SMILES string of the molecule is CCOc1ccc(-c2csc(-n3cccc3C=O)n2)cc1C(C)CC. The second kappa shape index (κ2) is 7.66. The van der Waals surface area contributed by atoms with Crippen LogP contribution in [0.2, 0.25) is 0 Å². The zero-order valence-corrected chi connectivity index (χ0v) is 15.5. The number of hydrogen-bond acceptors (Lipinski definition) is 4. The average Bonchev–Trinajstić information content (AvgIpc) is 3.30. The number of thiazole rings is 1. The minimum absolute atomic E-state index is 0.422. The van der Waals surface area contributed by atoms with Crippen molar-refractivity contribution < 1.29 is 9.53 Å². The molecule has 130 valence electrons.